The molecule has 0 aliphatic carbocycles. The third-order valence-corrected chi connectivity index (χ3v) is 14.4. The first-order valence-corrected chi connectivity index (χ1v) is 27.4. The summed E-state index contributed by atoms with van der Waals surface area (Å²) in [6.07, 6.45) is 16.1. The van der Waals surface area contributed by atoms with Crippen molar-refractivity contribution >= 4 is 10.1 Å². The zero-order valence-electron chi connectivity index (χ0n) is 44.0. The Kier molecular flexibility index (Phi) is 24.7. The van der Waals surface area contributed by atoms with Gasteiger partial charge in [-0.25, -0.2) is 0 Å². The Hall–Kier alpha value is -4.61. The van der Waals surface area contributed by atoms with E-state index in [1.54, 1.807) is 28.4 Å². The lowest BCUT2D eigenvalue weighted by Crippen LogP contribution is -2.40. The minimum absolute atomic E-state index is 0.154. The van der Waals surface area contributed by atoms with E-state index < -0.39 is 10.1 Å². The number of fused-ring (bicyclic) bond motifs is 2. The molecule has 6 rings (SSSR count). The van der Waals surface area contributed by atoms with Crippen LogP contribution in [0.5, 0.6) is 34.5 Å². The maximum absolute atomic E-state index is 11.1. The molecule has 2 heterocycles. The first-order chi connectivity index (χ1) is 34.9. The van der Waals surface area contributed by atoms with Crippen LogP contribution in [0.2, 0.25) is 0 Å². The standard InChI is InChI=1S/C29H42O8S.C28H40O6/c1-29(23-12-14-24(15-13-23)35-21-32-2)20-34-28-19-25(36-22-33-3)16-17-26(28)27(29)11-9-7-5-6-8-10-18-37-38(4,30)31;1-28(22-11-13-23(14-12-22)33-20-30-2)19-32-27-18-24(34-21-31-3)15-16-25(27)26(28)10-8-6-4-5-7-9-17-29/h12-17,19,27H,5-11,18,20-22H2,1-4H3;11-16,18,26,29H,4-10,17,19-21H2,1-3H3/t27-,29-;26-,28-/m11/s1. The smallest absolute Gasteiger partial charge is 0.264 e. The molecule has 400 valence electrons. The van der Waals surface area contributed by atoms with Crippen molar-refractivity contribution in [2.24, 2.45) is 0 Å². The second-order valence-corrected chi connectivity index (χ2v) is 20.9. The third kappa shape index (κ3) is 17.8. The number of unbranched alkanes of at least 4 members (excludes halogenated alkanes) is 10. The number of aliphatic hydroxyl groups is 1. The van der Waals surface area contributed by atoms with E-state index in [-0.39, 0.29) is 50.5 Å². The summed E-state index contributed by atoms with van der Waals surface area (Å²) in [5.41, 5.74) is 4.53. The Morgan fingerprint density at radius 1 is 0.500 bits per heavy atom. The number of benzene rings is 4. The van der Waals surface area contributed by atoms with Crippen LogP contribution in [0.25, 0.3) is 0 Å². The van der Waals surface area contributed by atoms with E-state index in [1.165, 1.54) is 41.5 Å². The summed E-state index contributed by atoms with van der Waals surface area (Å²) in [5.74, 6) is 5.43. The predicted molar refractivity (Wildman–Crippen MR) is 279 cm³/mol. The number of hydrogen-bond acceptors (Lipinski definition) is 14. The van der Waals surface area contributed by atoms with E-state index in [2.05, 4.69) is 50.2 Å². The van der Waals surface area contributed by atoms with Gasteiger partial charge in [0, 0.05) is 69.8 Å². The SMILES string of the molecule is COCOc1ccc([C@@]2(C)COc3cc(OCOC)ccc3[C@H]2CCCCCCCCO)cc1.COCOc1ccc([C@@]2(C)COc3cc(OCOC)ccc3[C@H]2CCCCCCCCOS(C)(=O)=O)cc1. The van der Waals surface area contributed by atoms with Crippen molar-refractivity contribution in [2.45, 2.75) is 126 Å². The van der Waals surface area contributed by atoms with Crippen LogP contribution in [-0.4, -0.2) is 102 Å². The maximum Gasteiger partial charge on any atom is 0.264 e. The number of rotatable bonds is 32. The van der Waals surface area contributed by atoms with E-state index in [0.717, 1.165) is 111 Å². The van der Waals surface area contributed by atoms with E-state index in [0.29, 0.717) is 25.7 Å². The summed E-state index contributed by atoms with van der Waals surface area (Å²) < 4.78 is 82.2. The van der Waals surface area contributed by atoms with Crippen molar-refractivity contribution in [2.75, 3.05) is 88.3 Å². The Balaban J connectivity index is 0.000000269. The molecule has 4 atom stereocenters. The monoisotopic (exact) mass is 1020 g/mol. The summed E-state index contributed by atoms with van der Waals surface area (Å²) in [6, 6.07) is 28.8. The van der Waals surface area contributed by atoms with Crippen LogP contribution >= 0.6 is 0 Å². The van der Waals surface area contributed by atoms with Crippen molar-refractivity contribution in [3.63, 3.8) is 0 Å². The number of methoxy groups -OCH3 is 4. The fourth-order valence-corrected chi connectivity index (χ4v) is 10.2. The van der Waals surface area contributed by atoms with Crippen molar-refractivity contribution in [3.05, 3.63) is 107 Å². The highest BCUT2D eigenvalue weighted by molar-refractivity contribution is 7.85. The Bertz CT molecular complexity index is 2260. The fraction of sp³-hybridized carbons (Fsp3) is 0.579. The maximum atomic E-state index is 11.1. The van der Waals surface area contributed by atoms with Gasteiger partial charge in [0.25, 0.3) is 10.1 Å². The molecular weight excluding hydrogens is 941 g/mol. The molecule has 2 aliphatic heterocycles. The molecule has 15 heteroatoms. The Labute approximate surface area is 430 Å². The van der Waals surface area contributed by atoms with Gasteiger partial charge in [0.1, 0.15) is 34.5 Å². The molecule has 0 saturated heterocycles. The fourth-order valence-electron chi connectivity index (χ4n) is 9.80. The number of ether oxygens (including phenoxy) is 10. The molecule has 0 spiro atoms. The van der Waals surface area contributed by atoms with Gasteiger partial charge in [-0.2, -0.15) is 8.42 Å². The molecule has 0 bridgehead atoms. The van der Waals surface area contributed by atoms with Gasteiger partial charge in [-0.3, -0.25) is 4.18 Å². The summed E-state index contributed by atoms with van der Waals surface area (Å²) in [6.45, 7) is 7.18. The van der Waals surface area contributed by atoms with Crippen LogP contribution < -0.4 is 28.4 Å². The van der Waals surface area contributed by atoms with Crippen LogP contribution in [0.3, 0.4) is 0 Å². The Morgan fingerprint density at radius 3 is 1.22 bits per heavy atom. The average molecular weight is 1020 g/mol. The van der Waals surface area contributed by atoms with Crippen molar-refractivity contribution in [1.29, 1.82) is 0 Å². The lowest BCUT2D eigenvalue weighted by Gasteiger charge is -2.43. The largest absolute Gasteiger partial charge is 0.492 e. The topological polar surface area (TPSA) is 156 Å². The van der Waals surface area contributed by atoms with E-state index in [4.69, 9.17) is 56.7 Å². The van der Waals surface area contributed by atoms with Crippen LogP contribution in [0.4, 0.5) is 0 Å². The van der Waals surface area contributed by atoms with Gasteiger partial charge in [-0.1, -0.05) is 114 Å². The summed E-state index contributed by atoms with van der Waals surface area (Å²) >= 11 is 0. The lowest BCUT2D eigenvalue weighted by molar-refractivity contribution is 0.0504. The van der Waals surface area contributed by atoms with Gasteiger partial charge in [0.2, 0.25) is 0 Å². The molecule has 4 aromatic carbocycles. The van der Waals surface area contributed by atoms with Crippen molar-refractivity contribution in [1.82, 2.24) is 0 Å². The Morgan fingerprint density at radius 2 is 0.847 bits per heavy atom. The molecule has 0 unspecified atom stereocenters. The number of aliphatic hydroxyl groups excluding tert-OH is 1. The molecule has 0 saturated carbocycles. The molecule has 72 heavy (non-hydrogen) atoms. The molecular formula is C57H82O14S. The van der Waals surface area contributed by atoms with Crippen LogP contribution in [0.15, 0.2) is 84.9 Å². The van der Waals surface area contributed by atoms with Crippen LogP contribution in [0.1, 0.15) is 138 Å². The van der Waals surface area contributed by atoms with E-state index in [1.807, 2.05) is 48.5 Å². The molecule has 4 aromatic rings. The first-order valence-electron chi connectivity index (χ1n) is 25.6. The van der Waals surface area contributed by atoms with Crippen LogP contribution in [0, 0.1) is 0 Å². The molecule has 0 radical (unpaired) electrons. The van der Waals surface area contributed by atoms with Crippen LogP contribution in [-0.2, 0) is 44.1 Å². The lowest BCUT2D eigenvalue weighted by atomic mass is 9.66. The minimum Gasteiger partial charge on any atom is -0.492 e. The zero-order chi connectivity index (χ0) is 51.7. The summed E-state index contributed by atoms with van der Waals surface area (Å²) in [7, 11) is 3.10. The molecule has 2 aliphatic rings. The third-order valence-electron chi connectivity index (χ3n) is 13.8. The molecule has 1 N–H and O–H groups in total. The normalized spacial score (nSPS) is 19.2. The summed E-state index contributed by atoms with van der Waals surface area (Å²) in [4.78, 5) is 0. The second-order valence-electron chi connectivity index (χ2n) is 19.2. The van der Waals surface area contributed by atoms with Gasteiger partial charge < -0.3 is 52.5 Å². The van der Waals surface area contributed by atoms with Gasteiger partial charge in [-0.15, -0.1) is 0 Å². The summed E-state index contributed by atoms with van der Waals surface area (Å²) in [5, 5.41) is 8.98. The average Bonchev–Trinajstić information content (AvgIpc) is 3.38. The van der Waals surface area contributed by atoms with Gasteiger partial charge in [0.15, 0.2) is 27.2 Å². The highest BCUT2D eigenvalue weighted by Gasteiger charge is 2.43. The van der Waals surface area contributed by atoms with E-state index >= 15 is 0 Å². The second kappa shape index (κ2) is 30.6. The van der Waals surface area contributed by atoms with Crippen molar-refractivity contribution in [3.8, 4) is 34.5 Å². The molecule has 0 aromatic heterocycles. The highest BCUT2D eigenvalue weighted by Crippen LogP contribution is 2.51. The van der Waals surface area contributed by atoms with Gasteiger partial charge >= 0.3 is 0 Å². The highest BCUT2D eigenvalue weighted by atomic mass is 32.2. The van der Waals surface area contributed by atoms with Gasteiger partial charge in [0.05, 0.1) is 26.1 Å². The van der Waals surface area contributed by atoms with E-state index in [9.17, 15) is 8.42 Å². The zero-order valence-corrected chi connectivity index (χ0v) is 44.8. The minimum atomic E-state index is -3.35. The van der Waals surface area contributed by atoms with Crippen molar-refractivity contribution < 1.29 is 65.1 Å². The predicted octanol–water partition coefficient (Wildman–Crippen LogP) is 11.6. The number of hydrogen-bond donors (Lipinski definition) is 1. The quantitative estimate of drug-likeness (QED) is 0.0280. The first kappa shape index (κ1) is 58.3. The molecule has 14 nitrogen and oxygen atoms in total. The molecule has 0 amide bonds. The molecule has 0 fully saturated rings. The van der Waals surface area contributed by atoms with Gasteiger partial charge in [-0.05, 0) is 84.3 Å².